The molecule has 7 nitrogen and oxygen atoms in total. The van der Waals surface area contributed by atoms with Crippen molar-refractivity contribution in [3.8, 4) is 5.75 Å². The van der Waals surface area contributed by atoms with Crippen molar-refractivity contribution in [2.24, 2.45) is 0 Å². The van der Waals surface area contributed by atoms with Gasteiger partial charge in [0.2, 0.25) is 10.0 Å². The van der Waals surface area contributed by atoms with Crippen molar-refractivity contribution in [3.63, 3.8) is 0 Å². The second-order valence-electron chi connectivity index (χ2n) is 7.29. The number of ether oxygens (including phenoxy) is 1. The van der Waals surface area contributed by atoms with Gasteiger partial charge in [-0.1, -0.05) is 24.3 Å². The van der Waals surface area contributed by atoms with Crippen LogP contribution in [0, 0.1) is 0 Å². The van der Waals surface area contributed by atoms with Gasteiger partial charge in [-0.15, -0.1) is 0 Å². The fourth-order valence-corrected chi connectivity index (χ4v) is 5.10. The smallest absolute Gasteiger partial charge is 0.303 e. The van der Waals surface area contributed by atoms with E-state index < -0.39 is 16.0 Å². The summed E-state index contributed by atoms with van der Waals surface area (Å²) in [5.74, 6) is -0.262. The second kappa shape index (κ2) is 9.40. The van der Waals surface area contributed by atoms with Crippen LogP contribution in [0.25, 0.3) is 0 Å². The molecule has 0 aliphatic carbocycles. The van der Waals surface area contributed by atoms with Crippen LogP contribution in [-0.2, 0) is 14.8 Å². The summed E-state index contributed by atoms with van der Waals surface area (Å²) in [4.78, 5) is 22.7. The van der Waals surface area contributed by atoms with Gasteiger partial charge in [0.15, 0.2) is 5.78 Å². The van der Waals surface area contributed by atoms with E-state index in [4.69, 9.17) is 9.84 Å². The van der Waals surface area contributed by atoms with E-state index >= 15 is 0 Å². The lowest BCUT2D eigenvalue weighted by Gasteiger charge is -2.31. The summed E-state index contributed by atoms with van der Waals surface area (Å²) >= 11 is 0. The molecule has 160 valence electrons. The third-order valence-corrected chi connectivity index (χ3v) is 7.33. The molecule has 1 fully saturated rings. The number of carbonyl (C=O) groups is 2. The molecule has 0 spiro atoms. The Morgan fingerprint density at radius 1 is 1.00 bits per heavy atom. The van der Waals surface area contributed by atoms with Gasteiger partial charge in [0, 0.05) is 25.1 Å². The number of aliphatic carboxylic acids is 1. The molecule has 0 unspecified atom stereocenters. The van der Waals surface area contributed by atoms with Crippen LogP contribution in [0.1, 0.15) is 47.5 Å². The van der Waals surface area contributed by atoms with Crippen molar-refractivity contribution in [3.05, 3.63) is 59.7 Å². The summed E-state index contributed by atoms with van der Waals surface area (Å²) in [5.41, 5.74) is 1.49. The SMILES string of the molecule is COc1ccc(C2CCN(S(=O)(=O)c3ccc(C(=O)CCC(=O)O)cc3)CC2)cc1. The van der Waals surface area contributed by atoms with Gasteiger partial charge in [0.1, 0.15) is 5.75 Å². The Labute approximate surface area is 176 Å². The number of carbonyl (C=O) groups excluding carboxylic acids is 1. The summed E-state index contributed by atoms with van der Waals surface area (Å²) < 4.78 is 32.6. The first kappa shape index (κ1) is 22.0. The lowest BCUT2D eigenvalue weighted by molar-refractivity contribution is -0.136. The van der Waals surface area contributed by atoms with Gasteiger partial charge in [-0.3, -0.25) is 9.59 Å². The zero-order valence-electron chi connectivity index (χ0n) is 16.8. The minimum Gasteiger partial charge on any atom is -0.497 e. The molecule has 1 aliphatic heterocycles. The molecule has 1 N–H and O–H groups in total. The number of rotatable bonds is 8. The molecule has 0 radical (unpaired) electrons. The van der Waals surface area contributed by atoms with Gasteiger partial charge in [-0.2, -0.15) is 4.31 Å². The Kier molecular flexibility index (Phi) is 6.89. The number of piperidine rings is 1. The number of Topliss-reactive ketones (excluding diaryl/α,β-unsaturated/α-hetero) is 1. The molecule has 8 heteroatoms. The number of carboxylic acid groups (broad SMARTS) is 1. The van der Waals surface area contributed by atoms with Crippen LogP contribution in [0.5, 0.6) is 5.75 Å². The maximum atomic E-state index is 13.0. The summed E-state index contributed by atoms with van der Waals surface area (Å²) in [7, 11) is -2.02. The van der Waals surface area contributed by atoms with Crippen LogP contribution in [0.3, 0.4) is 0 Å². The standard InChI is InChI=1S/C22H25NO6S/c1-29-19-6-2-16(3-7-19)17-12-14-23(15-13-17)30(27,28)20-8-4-18(5-9-20)21(24)10-11-22(25)26/h2-9,17H,10-15H2,1H3,(H,25,26). The average molecular weight is 432 g/mol. The highest BCUT2D eigenvalue weighted by molar-refractivity contribution is 7.89. The Balaban J connectivity index is 1.63. The fraction of sp³-hybridized carbons (Fsp3) is 0.364. The van der Waals surface area contributed by atoms with E-state index in [2.05, 4.69) is 0 Å². The number of carboxylic acids is 1. The number of benzene rings is 2. The molecule has 0 amide bonds. The van der Waals surface area contributed by atoms with Crippen molar-refractivity contribution in [1.29, 1.82) is 0 Å². The van der Waals surface area contributed by atoms with E-state index in [-0.39, 0.29) is 23.5 Å². The minimum atomic E-state index is -3.64. The van der Waals surface area contributed by atoms with E-state index in [1.165, 1.54) is 34.1 Å². The van der Waals surface area contributed by atoms with Gasteiger partial charge in [0.05, 0.1) is 18.4 Å². The van der Waals surface area contributed by atoms with Crippen LogP contribution in [0.2, 0.25) is 0 Å². The molecular formula is C22H25NO6S. The lowest BCUT2D eigenvalue weighted by Crippen LogP contribution is -2.37. The third-order valence-electron chi connectivity index (χ3n) is 5.42. The zero-order valence-corrected chi connectivity index (χ0v) is 17.6. The Morgan fingerprint density at radius 2 is 1.60 bits per heavy atom. The van der Waals surface area contributed by atoms with E-state index in [9.17, 15) is 18.0 Å². The van der Waals surface area contributed by atoms with Crippen molar-refractivity contribution in [2.45, 2.75) is 36.5 Å². The van der Waals surface area contributed by atoms with Gasteiger partial charge in [-0.25, -0.2) is 8.42 Å². The topological polar surface area (TPSA) is 101 Å². The van der Waals surface area contributed by atoms with E-state index in [0.717, 1.165) is 18.6 Å². The largest absolute Gasteiger partial charge is 0.497 e. The summed E-state index contributed by atoms with van der Waals surface area (Å²) in [6, 6.07) is 13.6. The molecule has 1 heterocycles. The average Bonchev–Trinajstić information content (AvgIpc) is 2.77. The number of hydrogen-bond donors (Lipinski definition) is 1. The number of ketones is 1. The van der Waals surface area contributed by atoms with Gasteiger partial charge >= 0.3 is 5.97 Å². The first-order valence-corrected chi connectivity index (χ1v) is 11.2. The molecule has 2 aromatic carbocycles. The molecular weight excluding hydrogens is 406 g/mol. The maximum absolute atomic E-state index is 13.0. The Bertz CT molecular complexity index is 991. The van der Waals surface area contributed by atoms with E-state index in [1.54, 1.807) is 7.11 Å². The van der Waals surface area contributed by atoms with E-state index in [0.29, 0.717) is 24.6 Å². The van der Waals surface area contributed by atoms with Crippen molar-refractivity contribution < 1.29 is 27.9 Å². The van der Waals surface area contributed by atoms with Crippen LogP contribution < -0.4 is 4.74 Å². The Hall–Kier alpha value is -2.71. The number of methoxy groups -OCH3 is 1. The molecule has 0 atom stereocenters. The molecule has 0 saturated carbocycles. The molecule has 30 heavy (non-hydrogen) atoms. The summed E-state index contributed by atoms with van der Waals surface area (Å²) in [6.45, 7) is 0.858. The summed E-state index contributed by atoms with van der Waals surface area (Å²) in [6.07, 6.45) is 1.11. The number of hydrogen-bond acceptors (Lipinski definition) is 5. The zero-order chi connectivity index (χ0) is 21.7. The highest BCUT2D eigenvalue weighted by Crippen LogP contribution is 2.31. The molecule has 0 aromatic heterocycles. The highest BCUT2D eigenvalue weighted by Gasteiger charge is 2.30. The predicted octanol–water partition coefficient (Wildman–Crippen LogP) is 3.31. The highest BCUT2D eigenvalue weighted by atomic mass is 32.2. The maximum Gasteiger partial charge on any atom is 0.303 e. The summed E-state index contributed by atoms with van der Waals surface area (Å²) in [5, 5.41) is 8.68. The van der Waals surface area contributed by atoms with E-state index in [1.807, 2.05) is 24.3 Å². The lowest BCUT2D eigenvalue weighted by atomic mass is 9.90. The molecule has 1 saturated heterocycles. The third kappa shape index (κ3) is 5.06. The predicted molar refractivity (Wildman–Crippen MR) is 111 cm³/mol. The van der Waals surface area contributed by atoms with Crippen LogP contribution in [0.15, 0.2) is 53.4 Å². The van der Waals surface area contributed by atoms with Crippen LogP contribution >= 0.6 is 0 Å². The second-order valence-corrected chi connectivity index (χ2v) is 9.23. The molecule has 3 rings (SSSR count). The quantitative estimate of drug-likeness (QED) is 0.644. The first-order valence-electron chi connectivity index (χ1n) is 9.80. The van der Waals surface area contributed by atoms with Crippen molar-refractivity contribution in [1.82, 2.24) is 4.31 Å². The molecule has 0 bridgehead atoms. The normalized spacial score (nSPS) is 15.6. The number of sulfonamides is 1. The van der Waals surface area contributed by atoms with Gasteiger partial charge in [0.25, 0.3) is 0 Å². The van der Waals surface area contributed by atoms with Crippen LogP contribution in [0.4, 0.5) is 0 Å². The van der Waals surface area contributed by atoms with Gasteiger partial charge < -0.3 is 9.84 Å². The first-order chi connectivity index (χ1) is 14.3. The number of nitrogens with zero attached hydrogens (tertiary/aromatic N) is 1. The minimum absolute atomic E-state index is 0.111. The molecule has 1 aliphatic rings. The molecule has 2 aromatic rings. The van der Waals surface area contributed by atoms with Gasteiger partial charge in [-0.05, 0) is 48.6 Å². The Morgan fingerprint density at radius 3 is 2.13 bits per heavy atom. The fourth-order valence-electron chi connectivity index (χ4n) is 3.63. The monoisotopic (exact) mass is 431 g/mol. The van der Waals surface area contributed by atoms with Crippen molar-refractivity contribution in [2.75, 3.05) is 20.2 Å². The van der Waals surface area contributed by atoms with Crippen LogP contribution in [-0.4, -0.2) is 49.8 Å². The van der Waals surface area contributed by atoms with Crippen molar-refractivity contribution >= 4 is 21.8 Å².